The number of benzene rings is 1. The van der Waals surface area contributed by atoms with E-state index in [2.05, 4.69) is 4.99 Å². The Morgan fingerprint density at radius 2 is 1.88 bits per heavy atom. The molecule has 1 aromatic carbocycles. The van der Waals surface area contributed by atoms with Crippen LogP contribution >= 0.6 is 0 Å². The molecule has 2 heterocycles. The van der Waals surface area contributed by atoms with Gasteiger partial charge in [0.05, 0.1) is 5.56 Å². The fourth-order valence-corrected chi connectivity index (χ4v) is 4.28. The maximum Gasteiger partial charge on any atom is 0.332 e. The topological polar surface area (TPSA) is 85.8 Å². The SMILES string of the molecule is C[C@H]1CC(OC2=Nc3c(c(=O)n(CCCO)c(=O)n3C)CC2Cc2ccc(F)cc2)=CC=C1F. The maximum absolute atomic E-state index is 13.8. The number of fused-ring (bicyclic) bond motifs is 1. The van der Waals surface area contributed by atoms with Gasteiger partial charge in [0.2, 0.25) is 0 Å². The van der Waals surface area contributed by atoms with E-state index in [1.165, 1.54) is 29.8 Å². The number of aromatic nitrogens is 2. The second kappa shape index (κ2) is 9.89. The summed E-state index contributed by atoms with van der Waals surface area (Å²) >= 11 is 0. The summed E-state index contributed by atoms with van der Waals surface area (Å²) in [5, 5.41) is 9.15. The lowest BCUT2D eigenvalue weighted by molar-refractivity contribution is 0.277. The van der Waals surface area contributed by atoms with Crippen LogP contribution in [0.1, 0.15) is 30.9 Å². The molecule has 0 amide bonds. The minimum atomic E-state index is -0.521. The lowest BCUT2D eigenvalue weighted by atomic mass is 9.90. The Morgan fingerprint density at radius 3 is 2.56 bits per heavy atom. The van der Waals surface area contributed by atoms with Crippen molar-refractivity contribution in [3.63, 3.8) is 0 Å². The van der Waals surface area contributed by atoms with Gasteiger partial charge in [0.15, 0.2) is 5.90 Å². The van der Waals surface area contributed by atoms with Crippen molar-refractivity contribution in [2.45, 2.75) is 39.2 Å². The standard InChI is InChI=1S/C25H27F2N3O4/c1-15-12-19(8-9-21(15)27)34-23-17(13-16-4-6-18(26)7-5-16)14-20-22(28-23)29(2)25(33)30(24(20)32)10-3-11-31/h4-9,15,17,31H,3,10-14H2,1-2H3/t15-,17?/m0/s1. The molecule has 0 bridgehead atoms. The van der Waals surface area contributed by atoms with Gasteiger partial charge in [-0.2, -0.15) is 4.99 Å². The van der Waals surface area contributed by atoms with Crippen molar-refractivity contribution in [2.75, 3.05) is 6.61 Å². The minimum Gasteiger partial charge on any atom is -0.447 e. The van der Waals surface area contributed by atoms with Gasteiger partial charge in [-0.25, -0.2) is 13.6 Å². The number of rotatable bonds is 6. The second-order valence-electron chi connectivity index (χ2n) is 8.75. The molecule has 9 heteroatoms. The van der Waals surface area contributed by atoms with Crippen LogP contribution in [0, 0.1) is 17.7 Å². The molecule has 2 atom stereocenters. The second-order valence-corrected chi connectivity index (χ2v) is 8.75. The Kier molecular flexibility index (Phi) is 6.92. The smallest absolute Gasteiger partial charge is 0.332 e. The zero-order valence-electron chi connectivity index (χ0n) is 19.1. The maximum atomic E-state index is 13.8. The fraction of sp³-hybridized carbons (Fsp3) is 0.400. The van der Waals surface area contributed by atoms with E-state index in [-0.39, 0.29) is 55.3 Å². The minimum absolute atomic E-state index is 0.105. The first-order valence-corrected chi connectivity index (χ1v) is 11.3. The molecule has 0 spiro atoms. The molecule has 4 rings (SSSR count). The van der Waals surface area contributed by atoms with Gasteiger partial charge in [-0.1, -0.05) is 19.1 Å². The number of halogens is 2. The van der Waals surface area contributed by atoms with E-state index in [4.69, 9.17) is 9.84 Å². The number of nitrogens with zero attached hydrogens (tertiary/aromatic N) is 3. The monoisotopic (exact) mass is 471 g/mol. The molecule has 34 heavy (non-hydrogen) atoms. The third-order valence-corrected chi connectivity index (χ3v) is 6.20. The molecule has 0 saturated heterocycles. The largest absolute Gasteiger partial charge is 0.447 e. The first kappa shape index (κ1) is 23.8. The van der Waals surface area contributed by atoms with Crippen LogP contribution in [0.3, 0.4) is 0 Å². The van der Waals surface area contributed by atoms with E-state index < -0.39 is 11.2 Å². The summed E-state index contributed by atoms with van der Waals surface area (Å²) in [6.45, 7) is 1.72. The zero-order valence-corrected chi connectivity index (χ0v) is 19.1. The van der Waals surface area contributed by atoms with Crippen LogP contribution in [0.5, 0.6) is 0 Å². The molecule has 1 N–H and O–H groups in total. The molecular formula is C25H27F2N3O4. The number of ether oxygens (including phenoxy) is 1. The zero-order chi connectivity index (χ0) is 24.4. The van der Waals surface area contributed by atoms with Crippen LogP contribution < -0.4 is 11.2 Å². The number of aliphatic imine (C=N–C) groups is 1. The number of hydrogen-bond acceptors (Lipinski definition) is 5. The van der Waals surface area contributed by atoms with Crippen LogP contribution in [0.2, 0.25) is 0 Å². The predicted molar refractivity (Wildman–Crippen MR) is 124 cm³/mol. The van der Waals surface area contributed by atoms with Gasteiger partial charge in [-0.3, -0.25) is 13.9 Å². The molecule has 0 saturated carbocycles. The van der Waals surface area contributed by atoms with Crippen LogP contribution in [0.4, 0.5) is 14.6 Å². The fourth-order valence-electron chi connectivity index (χ4n) is 4.28. The molecule has 2 aliphatic rings. The summed E-state index contributed by atoms with van der Waals surface area (Å²) in [6.07, 6.45) is 4.27. The molecule has 1 unspecified atom stereocenters. The lowest BCUT2D eigenvalue weighted by Gasteiger charge is -2.27. The van der Waals surface area contributed by atoms with Crippen molar-refractivity contribution in [1.82, 2.24) is 9.13 Å². The normalized spacial score (nSPS) is 19.7. The highest BCUT2D eigenvalue weighted by Gasteiger charge is 2.31. The van der Waals surface area contributed by atoms with Gasteiger partial charge in [-0.05, 0) is 49.1 Å². The highest BCUT2D eigenvalue weighted by molar-refractivity contribution is 5.85. The molecular weight excluding hydrogens is 444 g/mol. The molecule has 2 aromatic rings. The van der Waals surface area contributed by atoms with Crippen molar-refractivity contribution in [1.29, 1.82) is 0 Å². The summed E-state index contributed by atoms with van der Waals surface area (Å²) in [5.74, 6) is -0.143. The van der Waals surface area contributed by atoms with Crippen molar-refractivity contribution < 1.29 is 18.6 Å². The summed E-state index contributed by atoms with van der Waals surface area (Å²) in [5.41, 5.74) is 0.270. The third-order valence-electron chi connectivity index (χ3n) is 6.20. The lowest BCUT2D eigenvalue weighted by Crippen LogP contribution is -2.43. The van der Waals surface area contributed by atoms with Crippen LogP contribution in [0.15, 0.2) is 62.6 Å². The Balaban J connectivity index is 1.76. The average molecular weight is 472 g/mol. The Morgan fingerprint density at radius 1 is 1.15 bits per heavy atom. The predicted octanol–water partition coefficient (Wildman–Crippen LogP) is 3.31. The highest BCUT2D eigenvalue weighted by Crippen LogP contribution is 2.32. The van der Waals surface area contributed by atoms with Gasteiger partial charge < -0.3 is 9.84 Å². The number of aliphatic hydroxyl groups is 1. The third kappa shape index (κ3) is 4.79. The van der Waals surface area contributed by atoms with Crippen molar-refractivity contribution in [3.8, 4) is 0 Å². The quantitative estimate of drug-likeness (QED) is 0.701. The summed E-state index contributed by atoms with van der Waals surface area (Å²) in [6, 6.07) is 6.08. The van der Waals surface area contributed by atoms with Crippen LogP contribution in [-0.4, -0.2) is 26.7 Å². The highest BCUT2D eigenvalue weighted by atomic mass is 19.1. The van der Waals surface area contributed by atoms with Gasteiger partial charge >= 0.3 is 5.69 Å². The molecule has 1 aromatic heterocycles. The van der Waals surface area contributed by atoms with Gasteiger partial charge in [0, 0.05) is 38.5 Å². The van der Waals surface area contributed by atoms with E-state index in [9.17, 15) is 18.4 Å². The van der Waals surface area contributed by atoms with Crippen molar-refractivity contribution >= 4 is 11.7 Å². The number of hydrogen-bond donors (Lipinski definition) is 1. The molecule has 7 nitrogen and oxygen atoms in total. The van der Waals surface area contributed by atoms with Gasteiger partial charge in [-0.15, -0.1) is 0 Å². The van der Waals surface area contributed by atoms with Crippen molar-refractivity contribution in [3.05, 3.63) is 85.8 Å². The average Bonchev–Trinajstić information content (AvgIpc) is 2.82. The van der Waals surface area contributed by atoms with E-state index in [0.717, 1.165) is 10.1 Å². The molecule has 0 radical (unpaired) electrons. The van der Waals surface area contributed by atoms with E-state index in [0.29, 0.717) is 30.1 Å². The Hall–Kier alpha value is -3.33. The van der Waals surface area contributed by atoms with Gasteiger partial charge in [0.1, 0.15) is 23.2 Å². The number of allylic oxidation sites excluding steroid dienone is 4. The molecule has 1 aliphatic heterocycles. The van der Waals surface area contributed by atoms with Crippen LogP contribution in [0.25, 0.3) is 0 Å². The van der Waals surface area contributed by atoms with E-state index in [1.807, 2.05) is 0 Å². The first-order valence-electron chi connectivity index (χ1n) is 11.3. The Bertz CT molecular complexity index is 1290. The van der Waals surface area contributed by atoms with E-state index in [1.54, 1.807) is 25.1 Å². The molecule has 1 aliphatic carbocycles. The summed E-state index contributed by atoms with van der Waals surface area (Å²) in [7, 11) is 1.54. The summed E-state index contributed by atoms with van der Waals surface area (Å²) < 4.78 is 35.8. The van der Waals surface area contributed by atoms with E-state index >= 15 is 0 Å². The molecule has 0 fully saturated rings. The Labute approximate surface area is 195 Å². The van der Waals surface area contributed by atoms with Crippen LogP contribution in [-0.2, 0) is 31.2 Å². The molecule has 180 valence electrons. The summed E-state index contributed by atoms with van der Waals surface area (Å²) in [4.78, 5) is 30.5. The first-order chi connectivity index (χ1) is 16.3. The van der Waals surface area contributed by atoms with Crippen molar-refractivity contribution in [2.24, 2.45) is 23.9 Å². The van der Waals surface area contributed by atoms with Gasteiger partial charge in [0.25, 0.3) is 5.56 Å². The number of aliphatic hydroxyl groups excluding tert-OH is 1.